The molecule has 8 nitrogen and oxygen atoms in total. The minimum absolute atomic E-state index is 0.204. The Balaban J connectivity index is 1.72. The van der Waals surface area contributed by atoms with Crippen molar-refractivity contribution >= 4 is 11.9 Å². The number of ether oxygens (including phenoxy) is 2. The molecule has 1 unspecified atom stereocenters. The van der Waals surface area contributed by atoms with Crippen molar-refractivity contribution in [1.29, 1.82) is 0 Å². The fraction of sp³-hybridized carbons (Fsp3) is 0.438. The third-order valence-corrected chi connectivity index (χ3v) is 3.97. The summed E-state index contributed by atoms with van der Waals surface area (Å²) in [5, 5.41) is 8.40. The van der Waals surface area contributed by atoms with Crippen molar-refractivity contribution in [2.45, 2.75) is 26.2 Å². The minimum Gasteiger partial charge on any atom is -0.486 e. The van der Waals surface area contributed by atoms with Gasteiger partial charge in [-0.3, -0.25) is 9.36 Å². The molecule has 9 heteroatoms. The molecule has 1 amide bonds. The second-order valence-corrected chi connectivity index (χ2v) is 5.61. The molecule has 134 valence electrons. The first-order valence-corrected chi connectivity index (χ1v) is 8.04. The number of nitrogens with two attached hydrogens (primary N) is 1. The molecule has 0 bridgehead atoms. The lowest BCUT2D eigenvalue weighted by Crippen LogP contribution is -2.49. The number of halogens is 1. The second kappa shape index (κ2) is 7.47. The summed E-state index contributed by atoms with van der Waals surface area (Å²) in [7, 11) is 0. The van der Waals surface area contributed by atoms with Crippen LogP contribution in [0.15, 0.2) is 24.3 Å². The van der Waals surface area contributed by atoms with Gasteiger partial charge in [-0.2, -0.15) is 0 Å². The molecule has 1 aromatic heterocycles. The van der Waals surface area contributed by atoms with Crippen LogP contribution in [0.25, 0.3) is 0 Å². The normalized spacial score (nSPS) is 17.5. The van der Waals surface area contributed by atoms with Gasteiger partial charge in [0.15, 0.2) is 11.9 Å². The van der Waals surface area contributed by atoms with E-state index in [4.69, 9.17) is 15.2 Å². The van der Waals surface area contributed by atoms with Gasteiger partial charge in [-0.05, 0) is 31.2 Å². The highest BCUT2D eigenvalue weighted by atomic mass is 19.1. The summed E-state index contributed by atoms with van der Waals surface area (Å²) < 4.78 is 25.8. The number of benzene rings is 1. The number of aromatic nitrogens is 3. The number of anilines is 1. The molecule has 3 rings (SSSR count). The Bertz CT molecular complexity index is 734. The van der Waals surface area contributed by atoms with Gasteiger partial charge in [0.25, 0.3) is 0 Å². The maximum absolute atomic E-state index is 12.9. The molecule has 1 atom stereocenters. The molecule has 1 fully saturated rings. The van der Waals surface area contributed by atoms with Crippen molar-refractivity contribution in [3.05, 3.63) is 35.9 Å². The van der Waals surface area contributed by atoms with Crippen molar-refractivity contribution in [2.24, 2.45) is 5.73 Å². The Kier molecular flexibility index (Phi) is 5.13. The van der Waals surface area contributed by atoms with Crippen LogP contribution in [0.2, 0.25) is 0 Å². The second-order valence-electron chi connectivity index (χ2n) is 5.61. The van der Waals surface area contributed by atoms with Crippen LogP contribution in [0, 0.1) is 5.82 Å². The zero-order chi connectivity index (χ0) is 17.8. The lowest BCUT2D eigenvalue weighted by molar-refractivity contribution is -0.130. The Labute approximate surface area is 144 Å². The van der Waals surface area contributed by atoms with E-state index in [1.807, 2.05) is 16.4 Å². The van der Waals surface area contributed by atoms with E-state index in [2.05, 4.69) is 10.2 Å². The molecule has 2 heterocycles. The van der Waals surface area contributed by atoms with Crippen LogP contribution in [-0.4, -0.2) is 46.5 Å². The highest BCUT2D eigenvalue weighted by molar-refractivity contribution is 5.79. The summed E-state index contributed by atoms with van der Waals surface area (Å²) in [5.74, 6) is 1.03. The van der Waals surface area contributed by atoms with E-state index < -0.39 is 12.0 Å². The Morgan fingerprint density at radius 2 is 2.16 bits per heavy atom. The lowest BCUT2D eigenvalue weighted by Gasteiger charge is -2.32. The largest absolute Gasteiger partial charge is 0.486 e. The highest BCUT2D eigenvalue weighted by Crippen LogP contribution is 2.19. The molecule has 2 aromatic rings. The zero-order valence-corrected chi connectivity index (χ0v) is 13.9. The minimum atomic E-state index is -0.658. The predicted molar refractivity (Wildman–Crippen MR) is 87.6 cm³/mol. The molecule has 1 aromatic carbocycles. The number of carbonyl (C=O) groups is 1. The van der Waals surface area contributed by atoms with E-state index in [0.29, 0.717) is 43.8 Å². The smallest absolute Gasteiger partial charge is 0.248 e. The summed E-state index contributed by atoms with van der Waals surface area (Å²) in [6.45, 7) is 4.15. The van der Waals surface area contributed by atoms with Gasteiger partial charge >= 0.3 is 0 Å². The monoisotopic (exact) mass is 349 g/mol. The predicted octanol–water partition coefficient (Wildman–Crippen LogP) is 0.707. The Morgan fingerprint density at radius 3 is 2.84 bits per heavy atom. The first-order valence-electron chi connectivity index (χ1n) is 8.04. The standard InChI is InChI=1S/C16H20FN5O3/c1-2-22-14(10-25-12-5-3-11(17)4-6-12)19-20-16(22)21-7-8-24-13(9-21)15(18)23/h3-6,13H,2,7-10H2,1H3,(H2,18,23). The first kappa shape index (κ1) is 17.2. The first-order chi connectivity index (χ1) is 12.1. The molecule has 1 saturated heterocycles. The quantitative estimate of drug-likeness (QED) is 0.825. The molecule has 0 spiro atoms. The number of hydrogen-bond donors (Lipinski definition) is 1. The van der Waals surface area contributed by atoms with E-state index in [0.717, 1.165) is 0 Å². The molecular weight excluding hydrogens is 329 g/mol. The van der Waals surface area contributed by atoms with Crippen LogP contribution < -0.4 is 15.4 Å². The molecule has 25 heavy (non-hydrogen) atoms. The van der Waals surface area contributed by atoms with Crippen molar-refractivity contribution in [1.82, 2.24) is 14.8 Å². The van der Waals surface area contributed by atoms with E-state index in [1.165, 1.54) is 12.1 Å². The highest BCUT2D eigenvalue weighted by Gasteiger charge is 2.28. The SMILES string of the molecule is CCn1c(COc2ccc(F)cc2)nnc1N1CCOC(C(N)=O)C1. The number of nitrogens with zero attached hydrogens (tertiary/aromatic N) is 4. The van der Waals surface area contributed by atoms with E-state index in [9.17, 15) is 9.18 Å². The van der Waals surface area contributed by atoms with Crippen molar-refractivity contribution in [2.75, 3.05) is 24.6 Å². The zero-order valence-electron chi connectivity index (χ0n) is 13.9. The van der Waals surface area contributed by atoms with E-state index in [1.54, 1.807) is 12.1 Å². The van der Waals surface area contributed by atoms with Gasteiger partial charge in [-0.1, -0.05) is 0 Å². The third-order valence-electron chi connectivity index (χ3n) is 3.97. The topological polar surface area (TPSA) is 95.5 Å². The fourth-order valence-corrected chi connectivity index (χ4v) is 2.67. The molecule has 0 radical (unpaired) electrons. The van der Waals surface area contributed by atoms with Crippen LogP contribution in [-0.2, 0) is 22.7 Å². The summed E-state index contributed by atoms with van der Waals surface area (Å²) in [6.07, 6.45) is -0.658. The Hall–Kier alpha value is -2.68. The van der Waals surface area contributed by atoms with Crippen LogP contribution in [0.4, 0.5) is 10.3 Å². The molecule has 2 N–H and O–H groups in total. The number of amides is 1. The van der Waals surface area contributed by atoms with Crippen molar-refractivity contribution in [3.63, 3.8) is 0 Å². The van der Waals surface area contributed by atoms with Crippen LogP contribution in [0.3, 0.4) is 0 Å². The summed E-state index contributed by atoms with van der Waals surface area (Å²) in [5.41, 5.74) is 5.33. The van der Waals surface area contributed by atoms with Crippen LogP contribution in [0.5, 0.6) is 5.75 Å². The number of morpholine rings is 1. The number of rotatable bonds is 6. The van der Waals surface area contributed by atoms with Crippen LogP contribution in [0.1, 0.15) is 12.7 Å². The molecular formula is C16H20FN5O3. The van der Waals surface area contributed by atoms with E-state index >= 15 is 0 Å². The van der Waals surface area contributed by atoms with Gasteiger partial charge in [0.1, 0.15) is 18.2 Å². The number of hydrogen-bond acceptors (Lipinski definition) is 6. The third kappa shape index (κ3) is 3.87. The maximum atomic E-state index is 12.9. The fourth-order valence-electron chi connectivity index (χ4n) is 2.67. The summed E-state index contributed by atoms with van der Waals surface area (Å²) in [4.78, 5) is 13.3. The van der Waals surface area contributed by atoms with Crippen molar-refractivity contribution < 1.29 is 18.7 Å². The molecule has 0 aliphatic carbocycles. The van der Waals surface area contributed by atoms with Gasteiger partial charge < -0.3 is 20.1 Å². The van der Waals surface area contributed by atoms with Gasteiger partial charge in [-0.15, -0.1) is 10.2 Å². The van der Waals surface area contributed by atoms with Gasteiger partial charge in [-0.25, -0.2) is 4.39 Å². The average molecular weight is 349 g/mol. The van der Waals surface area contributed by atoms with E-state index in [-0.39, 0.29) is 12.4 Å². The van der Waals surface area contributed by atoms with Crippen LogP contribution >= 0.6 is 0 Å². The molecule has 1 aliphatic rings. The van der Waals surface area contributed by atoms with Crippen molar-refractivity contribution in [3.8, 4) is 5.75 Å². The lowest BCUT2D eigenvalue weighted by atomic mass is 10.2. The number of carbonyl (C=O) groups excluding carboxylic acids is 1. The maximum Gasteiger partial charge on any atom is 0.248 e. The van der Waals surface area contributed by atoms with Gasteiger partial charge in [0.05, 0.1) is 13.2 Å². The summed E-state index contributed by atoms with van der Waals surface area (Å²) >= 11 is 0. The molecule has 0 saturated carbocycles. The number of primary amides is 1. The molecule has 1 aliphatic heterocycles. The Morgan fingerprint density at radius 1 is 1.40 bits per heavy atom. The average Bonchev–Trinajstić information content (AvgIpc) is 3.04. The van der Waals surface area contributed by atoms with Gasteiger partial charge in [0.2, 0.25) is 11.9 Å². The van der Waals surface area contributed by atoms with Gasteiger partial charge in [0, 0.05) is 13.1 Å². The summed E-state index contributed by atoms with van der Waals surface area (Å²) in [6, 6.07) is 5.79.